The summed E-state index contributed by atoms with van der Waals surface area (Å²) in [6.07, 6.45) is 1.28. The first kappa shape index (κ1) is 12.7. The van der Waals surface area contributed by atoms with E-state index in [0.29, 0.717) is 6.54 Å². The molecule has 1 aromatic rings. The molecule has 1 rings (SSSR count). The molecule has 1 heterocycles. The lowest BCUT2D eigenvalue weighted by Gasteiger charge is -2.10. The lowest BCUT2D eigenvalue weighted by atomic mass is 10.2. The van der Waals surface area contributed by atoms with Crippen molar-refractivity contribution in [3.05, 3.63) is 11.9 Å². The third-order valence-corrected chi connectivity index (χ3v) is 2.35. The molecule has 0 aliphatic carbocycles. The van der Waals surface area contributed by atoms with Crippen LogP contribution in [0.3, 0.4) is 0 Å². The van der Waals surface area contributed by atoms with Crippen LogP contribution in [-0.4, -0.2) is 34.8 Å². The summed E-state index contributed by atoms with van der Waals surface area (Å²) in [7, 11) is 1.83. The first-order valence-electron chi connectivity index (χ1n) is 5.61. The van der Waals surface area contributed by atoms with Crippen LogP contribution in [0, 0.1) is 6.92 Å². The second kappa shape index (κ2) is 6.27. The molecule has 0 saturated carbocycles. The molecule has 1 aromatic heterocycles. The van der Waals surface area contributed by atoms with E-state index in [2.05, 4.69) is 20.6 Å². The largest absolute Gasteiger partial charge is 0.393 e. The number of aryl methyl sites for hydroxylation is 1. The zero-order chi connectivity index (χ0) is 12.0. The number of hydrogen-bond acceptors (Lipinski definition) is 5. The van der Waals surface area contributed by atoms with E-state index in [1.807, 2.05) is 27.0 Å². The van der Waals surface area contributed by atoms with Gasteiger partial charge in [-0.15, -0.1) is 0 Å². The minimum absolute atomic E-state index is 0.237. The third kappa shape index (κ3) is 4.02. The van der Waals surface area contributed by atoms with E-state index in [1.54, 1.807) is 0 Å². The Morgan fingerprint density at radius 2 is 2.06 bits per heavy atom. The average molecular weight is 224 g/mol. The SMILES string of the molecule is CCC(O)CCNc1cc(NC)nc(C)n1. The first-order chi connectivity index (χ1) is 7.65. The van der Waals surface area contributed by atoms with Gasteiger partial charge in [0.1, 0.15) is 17.5 Å². The normalized spacial score (nSPS) is 12.2. The van der Waals surface area contributed by atoms with Crippen LogP contribution in [0.4, 0.5) is 11.6 Å². The van der Waals surface area contributed by atoms with Crippen LogP contribution in [0.1, 0.15) is 25.6 Å². The zero-order valence-electron chi connectivity index (χ0n) is 10.1. The Labute approximate surface area is 96.3 Å². The van der Waals surface area contributed by atoms with E-state index in [4.69, 9.17) is 0 Å². The smallest absolute Gasteiger partial charge is 0.131 e. The van der Waals surface area contributed by atoms with E-state index >= 15 is 0 Å². The molecule has 5 nitrogen and oxygen atoms in total. The number of nitrogens with one attached hydrogen (secondary N) is 2. The Hall–Kier alpha value is -1.36. The summed E-state index contributed by atoms with van der Waals surface area (Å²) in [5, 5.41) is 15.6. The van der Waals surface area contributed by atoms with Crippen LogP contribution in [-0.2, 0) is 0 Å². The van der Waals surface area contributed by atoms with Crippen molar-refractivity contribution in [2.24, 2.45) is 0 Å². The highest BCUT2D eigenvalue weighted by atomic mass is 16.3. The molecule has 0 amide bonds. The van der Waals surface area contributed by atoms with Gasteiger partial charge >= 0.3 is 0 Å². The first-order valence-corrected chi connectivity index (χ1v) is 5.61. The quantitative estimate of drug-likeness (QED) is 0.681. The monoisotopic (exact) mass is 224 g/mol. The minimum Gasteiger partial charge on any atom is -0.393 e. The van der Waals surface area contributed by atoms with Crippen molar-refractivity contribution in [1.29, 1.82) is 0 Å². The van der Waals surface area contributed by atoms with Crippen molar-refractivity contribution in [2.45, 2.75) is 32.8 Å². The molecule has 0 aliphatic heterocycles. The van der Waals surface area contributed by atoms with E-state index in [0.717, 1.165) is 30.3 Å². The number of anilines is 2. The molecule has 90 valence electrons. The fourth-order valence-electron chi connectivity index (χ4n) is 1.36. The highest BCUT2D eigenvalue weighted by molar-refractivity contribution is 5.46. The molecule has 0 saturated heterocycles. The molecule has 16 heavy (non-hydrogen) atoms. The van der Waals surface area contributed by atoms with Gasteiger partial charge in [-0.25, -0.2) is 9.97 Å². The molecule has 1 unspecified atom stereocenters. The molecule has 1 atom stereocenters. The fourth-order valence-corrected chi connectivity index (χ4v) is 1.36. The van der Waals surface area contributed by atoms with Crippen molar-refractivity contribution in [3.63, 3.8) is 0 Å². The van der Waals surface area contributed by atoms with Crippen LogP contribution < -0.4 is 10.6 Å². The lowest BCUT2D eigenvalue weighted by Crippen LogP contribution is -2.13. The van der Waals surface area contributed by atoms with Gasteiger partial charge in [0.25, 0.3) is 0 Å². The average Bonchev–Trinajstić information content (AvgIpc) is 2.28. The van der Waals surface area contributed by atoms with Gasteiger partial charge in [0, 0.05) is 19.7 Å². The predicted molar refractivity (Wildman–Crippen MR) is 65.7 cm³/mol. The van der Waals surface area contributed by atoms with Crippen molar-refractivity contribution in [2.75, 3.05) is 24.2 Å². The van der Waals surface area contributed by atoms with Gasteiger partial charge in [-0.2, -0.15) is 0 Å². The second-order valence-electron chi connectivity index (χ2n) is 3.71. The fraction of sp³-hybridized carbons (Fsp3) is 0.636. The number of rotatable bonds is 6. The number of hydrogen-bond donors (Lipinski definition) is 3. The summed E-state index contributed by atoms with van der Waals surface area (Å²) >= 11 is 0. The van der Waals surface area contributed by atoms with Crippen molar-refractivity contribution in [3.8, 4) is 0 Å². The molecule has 0 radical (unpaired) electrons. The summed E-state index contributed by atoms with van der Waals surface area (Å²) in [4.78, 5) is 8.46. The van der Waals surface area contributed by atoms with Gasteiger partial charge in [0.15, 0.2) is 0 Å². The minimum atomic E-state index is -0.237. The lowest BCUT2D eigenvalue weighted by molar-refractivity contribution is 0.164. The van der Waals surface area contributed by atoms with Gasteiger partial charge < -0.3 is 15.7 Å². The van der Waals surface area contributed by atoms with Crippen LogP contribution in [0.5, 0.6) is 0 Å². The van der Waals surface area contributed by atoms with Gasteiger partial charge in [0.05, 0.1) is 6.10 Å². The molecule has 5 heteroatoms. The van der Waals surface area contributed by atoms with Gasteiger partial charge in [0.2, 0.25) is 0 Å². The number of aliphatic hydroxyl groups excluding tert-OH is 1. The molecule has 0 aromatic carbocycles. The van der Waals surface area contributed by atoms with Gasteiger partial charge in [-0.3, -0.25) is 0 Å². The Kier molecular flexibility index (Phi) is 4.98. The predicted octanol–water partition coefficient (Wildman–Crippen LogP) is 1.40. The van der Waals surface area contributed by atoms with Crippen LogP contribution >= 0.6 is 0 Å². The van der Waals surface area contributed by atoms with Crippen molar-refractivity contribution < 1.29 is 5.11 Å². The van der Waals surface area contributed by atoms with E-state index in [1.165, 1.54) is 0 Å². The molecule has 0 fully saturated rings. The number of aromatic nitrogens is 2. The molecular weight excluding hydrogens is 204 g/mol. The van der Waals surface area contributed by atoms with Crippen LogP contribution in [0.2, 0.25) is 0 Å². The van der Waals surface area contributed by atoms with E-state index in [9.17, 15) is 5.11 Å². The maximum Gasteiger partial charge on any atom is 0.131 e. The Bertz CT molecular complexity index is 330. The van der Waals surface area contributed by atoms with E-state index < -0.39 is 0 Å². The maximum atomic E-state index is 9.41. The highest BCUT2D eigenvalue weighted by Crippen LogP contribution is 2.10. The Balaban J connectivity index is 2.50. The molecule has 0 bridgehead atoms. The topological polar surface area (TPSA) is 70.1 Å². The number of nitrogens with zero attached hydrogens (tertiary/aromatic N) is 2. The third-order valence-electron chi connectivity index (χ3n) is 2.35. The Morgan fingerprint density at radius 1 is 1.38 bits per heavy atom. The highest BCUT2D eigenvalue weighted by Gasteiger charge is 2.02. The molecular formula is C11H20N4O. The van der Waals surface area contributed by atoms with Crippen molar-refractivity contribution in [1.82, 2.24) is 9.97 Å². The van der Waals surface area contributed by atoms with E-state index in [-0.39, 0.29) is 6.10 Å². The van der Waals surface area contributed by atoms with Gasteiger partial charge in [-0.1, -0.05) is 6.92 Å². The summed E-state index contributed by atoms with van der Waals surface area (Å²) in [6.45, 7) is 4.54. The zero-order valence-corrected chi connectivity index (χ0v) is 10.1. The summed E-state index contributed by atoms with van der Waals surface area (Å²) in [6, 6.07) is 1.85. The summed E-state index contributed by atoms with van der Waals surface area (Å²) in [5.41, 5.74) is 0. The summed E-state index contributed by atoms with van der Waals surface area (Å²) in [5.74, 6) is 2.32. The van der Waals surface area contributed by atoms with Crippen LogP contribution in [0.15, 0.2) is 6.07 Å². The molecule has 0 spiro atoms. The van der Waals surface area contributed by atoms with Crippen molar-refractivity contribution >= 4 is 11.6 Å². The molecule has 0 aliphatic rings. The maximum absolute atomic E-state index is 9.41. The summed E-state index contributed by atoms with van der Waals surface area (Å²) < 4.78 is 0. The number of aliphatic hydroxyl groups is 1. The van der Waals surface area contributed by atoms with Crippen LogP contribution in [0.25, 0.3) is 0 Å². The second-order valence-corrected chi connectivity index (χ2v) is 3.71. The van der Waals surface area contributed by atoms with Gasteiger partial charge in [-0.05, 0) is 19.8 Å². The Morgan fingerprint density at radius 3 is 2.69 bits per heavy atom. The standard InChI is InChI=1S/C11H20N4O/c1-4-9(16)5-6-13-11-7-10(12-3)14-8(2)15-11/h7,9,16H,4-6H2,1-3H3,(H2,12,13,14,15). The molecule has 3 N–H and O–H groups in total.